The summed E-state index contributed by atoms with van der Waals surface area (Å²) in [6.07, 6.45) is 2.33. The van der Waals surface area contributed by atoms with Crippen LogP contribution in [-0.4, -0.2) is 21.9 Å². The van der Waals surface area contributed by atoms with E-state index in [9.17, 15) is 9.90 Å². The van der Waals surface area contributed by atoms with Crippen molar-refractivity contribution in [2.75, 3.05) is 5.75 Å². The van der Waals surface area contributed by atoms with E-state index in [2.05, 4.69) is 0 Å². The Morgan fingerprint density at radius 1 is 1.44 bits per heavy atom. The van der Waals surface area contributed by atoms with Gasteiger partial charge in [0.1, 0.15) is 5.75 Å². The molecule has 1 fully saturated rings. The second kappa shape index (κ2) is 4.37. The van der Waals surface area contributed by atoms with Crippen LogP contribution in [0.2, 0.25) is 0 Å². The predicted octanol–water partition coefficient (Wildman–Crippen LogP) is 2.74. The summed E-state index contributed by atoms with van der Waals surface area (Å²) < 4.78 is 0. The molecule has 0 aliphatic heterocycles. The molecule has 0 unspecified atom stereocenters. The molecule has 0 bridgehead atoms. The van der Waals surface area contributed by atoms with Crippen LogP contribution in [0.15, 0.2) is 29.2 Å². The lowest BCUT2D eigenvalue weighted by molar-refractivity contribution is -0.143. The van der Waals surface area contributed by atoms with Crippen molar-refractivity contribution in [1.29, 1.82) is 0 Å². The van der Waals surface area contributed by atoms with Gasteiger partial charge in [-0.05, 0) is 43.2 Å². The Kier molecular flexibility index (Phi) is 3.10. The van der Waals surface area contributed by atoms with Crippen molar-refractivity contribution >= 4 is 17.7 Å². The maximum absolute atomic E-state index is 10.9. The summed E-state index contributed by atoms with van der Waals surface area (Å²) in [6, 6.07) is 7.04. The molecule has 0 heterocycles. The lowest BCUT2D eigenvalue weighted by Gasteiger charge is -2.08. The summed E-state index contributed by atoms with van der Waals surface area (Å²) in [5, 5.41) is 18.3. The van der Waals surface area contributed by atoms with E-state index >= 15 is 0 Å². The molecule has 0 radical (unpaired) electrons. The molecule has 3 nitrogen and oxygen atoms in total. The van der Waals surface area contributed by atoms with Crippen LogP contribution >= 0.6 is 11.8 Å². The number of carboxylic acids is 1. The fourth-order valence-electron chi connectivity index (χ4n) is 1.66. The van der Waals surface area contributed by atoms with E-state index in [1.807, 2.05) is 6.07 Å². The van der Waals surface area contributed by atoms with Gasteiger partial charge in [-0.2, -0.15) is 0 Å². The van der Waals surface area contributed by atoms with Gasteiger partial charge in [-0.1, -0.05) is 6.07 Å². The van der Waals surface area contributed by atoms with Crippen molar-refractivity contribution in [3.8, 4) is 5.75 Å². The highest BCUT2D eigenvalue weighted by molar-refractivity contribution is 7.99. The Bertz CT molecular complexity index is 399. The third-order valence-electron chi connectivity index (χ3n) is 2.97. The molecule has 0 amide bonds. The first-order valence-corrected chi connectivity index (χ1v) is 6.26. The maximum Gasteiger partial charge on any atom is 0.309 e. The molecule has 1 saturated carbocycles. The van der Waals surface area contributed by atoms with Gasteiger partial charge in [0.15, 0.2) is 0 Å². The van der Waals surface area contributed by atoms with Crippen molar-refractivity contribution in [2.45, 2.75) is 24.2 Å². The molecule has 86 valence electrons. The molecule has 0 aromatic heterocycles. The highest BCUT2D eigenvalue weighted by Gasteiger charge is 2.49. The van der Waals surface area contributed by atoms with E-state index in [1.54, 1.807) is 30.0 Å². The van der Waals surface area contributed by atoms with Crippen LogP contribution in [0.3, 0.4) is 0 Å². The largest absolute Gasteiger partial charge is 0.508 e. The Balaban J connectivity index is 1.83. The average molecular weight is 238 g/mol. The summed E-state index contributed by atoms with van der Waals surface area (Å²) in [5.41, 5.74) is -0.441. The van der Waals surface area contributed by atoms with Gasteiger partial charge in [-0.3, -0.25) is 4.79 Å². The summed E-state index contributed by atoms with van der Waals surface area (Å²) in [6.45, 7) is 0. The third kappa shape index (κ3) is 2.50. The van der Waals surface area contributed by atoms with Gasteiger partial charge in [0, 0.05) is 4.90 Å². The number of benzene rings is 1. The molecular formula is C12H14O3S. The minimum absolute atomic E-state index is 0.254. The number of aromatic hydroxyl groups is 1. The van der Waals surface area contributed by atoms with Crippen LogP contribution in [0, 0.1) is 5.41 Å². The average Bonchev–Trinajstić information content (AvgIpc) is 2.99. The lowest BCUT2D eigenvalue weighted by Crippen LogP contribution is -2.15. The molecule has 1 aromatic rings. The van der Waals surface area contributed by atoms with Gasteiger partial charge in [-0.25, -0.2) is 0 Å². The molecule has 0 spiro atoms. The molecular weight excluding hydrogens is 224 g/mol. The number of aliphatic carboxylic acids is 1. The number of hydrogen-bond donors (Lipinski definition) is 2. The van der Waals surface area contributed by atoms with E-state index in [1.165, 1.54) is 0 Å². The van der Waals surface area contributed by atoms with Crippen LogP contribution in [-0.2, 0) is 4.79 Å². The third-order valence-corrected chi connectivity index (χ3v) is 3.97. The number of carboxylic acid groups (broad SMARTS) is 1. The second-order valence-corrected chi connectivity index (χ2v) is 5.35. The minimum atomic E-state index is -0.663. The van der Waals surface area contributed by atoms with Crippen molar-refractivity contribution < 1.29 is 15.0 Å². The topological polar surface area (TPSA) is 57.5 Å². The predicted molar refractivity (Wildman–Crippen MR) is 62.8 cm³/mol. The van der Waals surface area contributed by atoms with Gasteiger partial charge in [-0.15, -0.1) is 11.8 Å². The first-order chi connectivity index (χ1) is 7.62. The Morgan fingerprint density at radius 3 is 2.75 bits per heavy atom. The standard InChI is InChI=1S/C12H14O3S/c13-9-2-1-3-10(8-9)16-7-6-12(4-5-12)11(14)15/h1-3,8,13H,4-7H2,(H,14,15). The highest BCUT2D eigenvalue weighted by atomic mass is 32.2. The molecule has 2 rings (SSSR count). The van der Waals surface area contributed by atoms with Crippen LogP contribution in [0.5, 0.6) is 5.75 Å². The van der Waals surface area contributed by atoms with Gasteiger partial charge >= 0.3 is 5.97 Å². The Hall–Kier alpha value is -1.16. The van der Waals surface area contributed by atoms with Gasteiger partial charge in [0.05, 0.1) is 5.41 Å². The molecule has 0 atom stereocenters. The highest BCUT2D eigenvalue weighted by Crippen LogP contribution is 2.49. The van der Waals surface area contributed by atoms with Gasteiger partial charge in [0.2, 0.25) is 0 Å². The van der Waals surface area contributed by atoms with Crippen LogP contribution < -0.4 is 0 Å². The zero-order chi connectivity index (χ0) is 11.6. The normalized spacial score (nSPS) is 17.0. The van der Waals surface area contributed by atoms with Gasteiger partial charge < -0.3 is 10.2 Å². The van der Waals surface area contributed by atoms with Crippen LogP contribution in [0.1, 0.15) is 19.3 Å². The zero-order valence-corrected chi connectivity index (χ0v) is 9.67. The summed E-state index contributed by atoms with van der Waals surface area (Å²) in [5.74, 6) is 0.379. The molecule has 1 aliphatic rings. The molecule has 2 N–H and O–H groups in total. The summed E-state index contributed by atoms with van der Waals surface area (Å²) in [4.78, 5) is 11.9. The number of phenolic OH excluding ortho intramolecular Hbond substituents is 1. The number of rotatable bonds is 5. The molecule has 1 aromatic carbocycles. The van der Waals surface area contributed by atoms with Crippen LogP contribution in [0.25, 0.3) is 0 Å². The van der Waals surface area contributed by atoms with E-state index in [0.29, 0.717) is 6.42 Å². The van der Waals surface area contributed by atoms with Gasteiger partial charge in [0.25, 0.3) is 0 Å². The summed E-state index contributed by atoms with van der Waals surface area (Å²) in [7, 11) is 0. The number of phenols is 1. The minimum Gasteiger partial charge on any atom is -0.508 e. The summed E-state index contributed by atoms with van der Waals surface area (Å²) >= 11 is 1.60. The monoisotopic (exact) mass is 238 g/mol. The molecule has 16 heavy (non-hydrogen) atoms. The Labute approximate surface area is 98.5 Å². The SMILES string of the molecule is O=C(O)C1(CCSc2cccc(O)c2)CC1. The lowest BCUT2D eigenvalue weighted by atomic mass is 10.1. The fourth-order valence-corrected chi connectivity index (χ4v) is 2.77. The van der Waals surface area contributed by atoms with E-state index in [4.69, 9.17) is 5.11 Å². The van der Waals surface area contributed by atoms with E-state index < -0.39 is 11.4 Å². The molecule has 1 aliphatic carbocycles. The van der Waals surface area contributed by atoms with E-state index in [0.717, 1.165) is 23.5 Å². The zero-order valence-electron chi connectivity index (χ0n) is 8.85. The maximum atomic E-state index is 10.9. The Morgan fingerprint density at radius 2 is 2.19 bits per heavy atom. The van der Waals surface area contributed by atoms with Crippen molar-refractivity contribution in [3.63, 3.8) is 0 Å². The number of thioether (sulfide) groups is 1. The second-order valence-electron chi connectivity index (χ2n) is 4.18. The first kappa shape index (κ1) is 11.3. The number of carbonyl (C=O) groups is 1. The molecule has 4 heteroatoms. The molecule has 0 saturated heterocycles. The number of hydrogen-bond acceptors (Lipinski definition) is 3. The van der Waals surface area contributed by atoms with Crippen molar-refractivity contribution in [3.05, 3.63) is 24.3 Å². The quantitative estimate of drug-likeness (QED) is 0.774. The van der Waals surface area contributed by atoms with E-state index in [-0.39, 0.29) is 5.75 Å². The first-order valence-electron chi connectivity index (χ1n) is 5.28. The van der Waals surface area contributed by atoms with Crippen LogP contribution in [0.4, 0.5) is 0 Å². The van der Waals surface area contributed by atoms with Crippen molar-refractivity contribution in [1.82, 2.24) is 0 Å². The van der Waals surface area contributed by atoms with Crippen molar-refractivity contribution in [2.24, 2.45) is 5.41 Å². The fraction of sp³-hybridized carbons (Fsp3) is 0.417. The smallest absolute Gasteiger partial charge is 0.309 e.